The maximum Gasteiger partial charge on any atom is 0.194 e. The number of rotatable bonds is 9. The zero-order chi connectivity index (χ0) is 17.4. The van der Waals surface area contributed by atoms with Crippen LogP contribution in [0.3, 0.4) is 0 Å². The Morgan fingerprint density at radius 1 is 1.42 bits per heavy atom. The van der Waals surface area contributed by atoms with Crippen molar-refractivity contribution in [2.24, 2.45) is 10.9 Å². The first-order chi connectivity index (χ1) is 11.6. The highest BCUT2D eigenvalue weighted by Gasteiger charge is 2.21. The van der Waals surface area contributed by atoms with E-state index in [1.807, 2.05) is 18.9 Å². The minimum absolute atomic E-state index is 0.240. The molecule has 0 saturated heterocycles. The largest absolute Gasteiger partial charge is 0.389 e. The highest BCUT2D eigenvalue weighted by atomic mass is 19.1. The number of nitrogens with one attached hydrogen (secondary N) is 1. The van der Waals surface area contributed by atoms with Crippen molar-refractivity contribution in [1.29, 1.82) is 0 Å². The first kappa shape index (κ1) is 18.7. The summed E-state index contributed by atoms with van der Waals surface area (Å²) in [5, 5.41) is 13.2. The van der Waals surface area contributed by atoms with Crippen LogP contribution < -0.4 is 5.32 Å². The molecule has 0 radical (unpaired) electrons. The summed E-state index contributed by atoms with van der Waals surface area (Å²) in [6.45, 7) is 4.70. The lowest BCUT2D eigenvalue weighted by molar-refractivity contribution is 0.0367. The van der Waals surface area contributed by atoms with E-state index in [-0.39, 0.29) is 5.82 Å². The maximum absolute atomic E-state index is 13.0. The highest BCUT2D eigenvalue weighted by molar-refractivity contribution is 5.79. The van der Waals surface area contributed by atoms with Gasteiger partial charge in [-0.2, -0.15) is 0 Å². The van der Waals surface area contributed by atoms with E-state index in [0.29, 0.717) is 31.6 Å². The van der Waals surface area contributed by atoms with Crippen molar-refractivity contribution in [3.05, 3.63) is 35.6 Å². The van der Waals surface area contributed by atoms with Crippen LogP contribution in [-0.2, 0) is 11.3 Å². The van der Waals surface area contributed by atoms with Gasteiger partial charge in [0.05, 0.1) is 19.3 Å². The number of nitrogens with zero attached hydrogens (tertiary/aromatic N) is 2. The molecule has 0 aliphatic heterocycles. The van der Waals surface area contributed by atoms with Crippen molar-refractivity contribution in [3.63, 3.8) is 0 Å². The van der Waals surface area contributed by atoms with Crippen LogP contribution in [0.4, 0.5) is 4.39 Å². The summed E-state index contributed by atoms with van der Waals surface area (Å²) in [5.41, 5.74) is 0.998. The quantitative estimate of drug-likeness (QED) is 0.535. The van der Waals surface area contributed by atoms with Gasteiger partial charge < -0.3 is 20.1 Å². The lowest BCUT2D eigenvalue weighted by Crippen LogP contribution is -2.39. The number of ether oxygens (including phenoxy) is 1. The summed E-state index contributed by atoms with van der Waals surface area (Å²) < 4.78 is 18.5. The van der Waals surface area contributed by atoms with Gasteiger partial charge in [0.25, 0.3) is 0 Å². The summed E-state index contributed by atoms with van der Waals surface area (Å²) in [4.78, 5) is 6.42. The van der Waals surface area contributed by atoms with Crippen molar-refractivity contribution in [2.75, 3.05) is 33.4 Å². The van der Waals surface area contributed by atoms with Crippen LogP contribution in [0, 0.1) is 11.7 Å². The first-order valence-electron chi connectivity index (χ1n) is 8.58. The maximum atomic E-state index is 13.0. The molecule has 24 heavy (non-hydrogen) atoms. The molecule has 6 heteroatoms. The Morgan fingerprint density at radius 3 is 2.75 bits per heavy atom. The molecule has 1 aromatic rings. The Kier molecular flexibility index (Phi) is 7.46. The van der Waals surface area contributed by atoms with Crippen molar-refractivity contribution >= 4 is 5.96 Å². The zero-order valence-electron chi connectivity index (χ0n) is 14.5. The number of aliphatic imine (C=N–C) groups is 1. The third-order valence-corrected chi connectivity index (χ3v) is 3.84. The summed E-state index contributed by atoms with van der Waals surface area (Å²) in [6.07, 6.45) is 1.89. The van der Waals surface area contributed by atoms with Gasteiger partial charge in [0.1, 0.15) is 5.82 Å². The minimum atomic E-state index is -0.600. The van der Waals surface area contributed by atoms with Gasteiger partial charge in [-0.1, -0.05) is 12.1 Å². The van der Waals surface area contributed by atoms with Crippen LogP contribution in [0.25, 0.3) is 0 Å². The number of hydrogen-bond acceptors (Lipinski definition) is 3. The molecule has 0 bridgehead atoms. The molecule has 1 atom stereocenters. The van der Waals surface area contributed by atoms with Crippen LogP contribution in [0.5, 0.6) is 0 Å². The van der Waals surface area contributed by atoms with Crippen LogP contribution in [-0.4, -0.2) is 55.4 Å². The van der Waals surface area contributed by atoms with E-state index in [4.69, 9.17) is 4.74 Å². The molecule has 1 saturated carbocycles. The average Bonchev–Trinajstić information content (AvgIpc) is 3.37. The van der Waals surface area contributed by atoms with Crippen LogP contribution in [0.15, 0.2) is 29.3 Å². The van der Waals surface area contributed by atoms with Gasteiger partial charge in [-0.25, -0.2) is 4.39 Å². The second-order valence-corrected chi connectivity index (χ2v) is 6.31. The van der Waals surface area contributed by atoms with Gasteiger partial charge in [-0.15, -0.1) is 0 Å². The standard InChI is InChI=1S/C18H28FN3O2/c1-3-20-18(21-10-17(23)13-24-12-15-4-5-15)22(2)11-14-6-8-16(19)9-7-14/h6-9,15,17,23H,3-5,10-13H2,1-2H3,(H,20,21). The molecular formula is C18H28FN3O2. The van der Waals surface area contributed by atoms with Gasteiger partial charge in [0.15, 0.2) is 5.96 Å². The number of halogens is 1. The fourth-order valence-electron chi connectivity index (χ4n) is 2.31. The summed E-state index contributed by atoms with van der Waals surface area (Å²) in [6, 6.07) is 6.42. The van der Waals surface area contributed by atoms with Gasteiger partial charge in [-0.3, -0.25) is 4.99 Å². The van der Waals surface area contributed by atoms with Crippen LogP contribution in [0.2, 0.25) is 0 Å². The van der Waals surface area contributed by atoms with Gasteiger partial charge in [0.2, 0.25) is 0 Å². The van der Waals surface area contributed by atoms with Crippen LogP contribution in [0.1, 0.15) is 25.3 Å². The Balaban J connectivity index is 1.82. The molecule has 134 valence electrons. The number of aliphatic hydroxyl groups excluding tert-OH is 1. The summed E-state index contributed by atoms with van der Waals surface area (Å²) in [7, 11) is 1.92. The summed E-state index contributed by atoms with van der Waals surface area (Å²) in [5.74, 6) is 1.17. The molecule has 1 aliphatic rings. The molecule has 0 amide bonds. The number of aliphatic hydroxyl groups is 1. The predicted molar refractivity (Wildman–Crippen MR) is 93.4 cm³/mol. The molecule has 0 heterocycles. The minimum Gasteiger partial charge on any atom is -0.389 e. The van der Waals surface area contributed by atoms with Gasteiger partial charge >= 0.3 is 0 Å². The van der Waals surface area contributed by atoms with Crippen molar-refractivity contribution in [1.82, 2.24) is 10.2 Å². The Hall–Kier alpha value is -1.66. The number of benzene rings is 1. The Labute approximate surface area is 143 Å². The molecule has 0 aromatic heterocycles. The molecule has 1 unspecified atom stereocenters. The fourth-order valence-corrected chi connectivity index (χ4v) is 2.31. The van der Waals surface area contributed by atoms with E-state index in [1.54, 1.807) is 12.1 Å². The van der Waals surface area contributed by atoms with E-state index < -0.39 is 6.10 Å². The van der Waals surface area contributed by atoms with Crippen LogP contribution >= 0.6 is 0 Å². The fraction of sp³-hybridized carbons (Fsp3) is 0.611. The van der Waals surface area contributed by atoms with Crippen molar-refractivity contribution in [3.8, 4) is 0 Å². The lowest BCUT2D eigenvalue weighted by atomic mass is 10.2. The van der Waals surface area contributed by atoms with E-state index in [2.05, 4.69) is 10.3 Å². The topological polar surface area (TPSA) is 57.1 Å². The monoisotopic (exact) mass is 337 g/mol. The molecular weight excluding hydrogens is 309 g/mol. The van der Waals surface area contributed by atoms with E-state index in [9.17, 15) is 9.50 Å². The normalized spacial score (nSPS) is 16.1. The Morgan fingerprint density at radius 2 is 2.12 bits per heavy atom. The number of guanidine groups is 1. The SMILES string of the molecule is CCNC(=NCC(O)COCC1CC1)N(C)Cc1ccc(F)cc1. The second-order valence-electron chi connectivity index (χ2n) is 6.31. The Bertz CT molecular complexity index is 518. The second kappa shape index (κ2) is 9.59. The van der Waals surface area contributed by atoms with Crippen molar-refractivity contribution in [2.45, 2.75) is 32.4 Å². The molecule has 2 N–H and O–H groups in total. The van der Waals surface area contributed by atoms with Gasteiger partial charge in [0, 0.05) is 26.7 Å². The van der Waals surface area contributed by atoms with Gasteiger partial charge in [-0.05, 0) is 43.4 Å². The van der Waals surface area contributed by atoms with Crippen molar-refractivity contribution < 1.29 is 14.2 Å². The highest BCUT2D eigenvalue weighted by Crippen LogP contribution is 2.28. The summed E-state index contributed by atoms with van der Waals surface area (Å²) >= 11 is 0. The third-order valence-electron chi connectivity index (χ3n) is 3.84. The molecule has 0 spiro atoms. The molecule has 2 rings (SSSR count). The average molecular weight is 337 g/mol. The molecule has 1 aliphatic carbocycles. The molecule has 1 aromatic carbocycles. The predicted octanol–water partition coefficient (Wildman–Crippen LogP) is 2.01. The molecule has 1 fully saturated rings. The lowest BCUT2D eigenvalue weighted by Gasteiger charge is -2.22. The number of hydrogen-bond donors (Lipinski definition) is 2. The van der Waals surface area contributed by atoms with E-state index >= 15 is 0 Å². The van der Waals surface area contributed by atoms with E-state index in [1.165, 1.54) is 25.0 Å². The third kappa shape index (κ3) is 6.84. The molecule has 5 nitrogen and oxygen atoms in total. The van der Waals surface area contributed by atoms with E-state index in [0.717, 1.165) is 18.7 Å². The first-order valence-corrected chi connectivity index (χ1v) is 8.58. The zero-order valence-corrected chi connectivity index (χ0v) is 14.5. The smallest absolute Gasteiger partial charge is 0.194 e.